The molecule has 2 fully saturated rings. The second-order valence-corrected chi connectivity index (χ2v) is 8.09. The van der Waals surface area contributed by atoms with Gasteiger partial charge in [0.15, 0.2) is 0 Å². The molecule has 150 valence electrons. The first kappa shape index (κ1) is 19.0. The molecule has 2 N–H and O–H groups in total. The molecule has 1 saturated carbocycles. The van der Waals surface area contributed by atoms with E-state index in [9.17, 15) is 13.6 Å². The van der Waals surface area contributed by atoms with E-state index < -0.39 is 11.3 Å². The molecular weight excluding hydrogens is 380 g/mol. The van der Waals surface area contributed by atoms with Gasteiger partial charge < -0.3 is 14.8 Å². The maximum absolute atomic E-state index is 12.2. The average molecular weight is 403 g/mol. The zero-order valence-corrected chi connectivity index (χ0v) is 16.3. The van der Waals surface area contributed by atoms with E-state index in [1.807, 2.05) is 12.1 Å². The molecule has 2 aromatic heterocycles. The first-order valence-electron chi connectivity index (χ1n) is 9.52. The molecule has 28 heavy (non-hydrogen) atoms. The van der Waals surface area contributed by atoms with Crippen LogP contribution in [0.1, 0.15) is 25.7 Å². The van der Waals surface area contributed by atoms with Gasteiger partial charge in [-0.05, 0) is 31.0 Å². The molecule has 3 heterocycles. The van der Waals surface area contributed by atoms with E-state index in [-0.39, 0.29) is 12.1 Å². The topological polar surface area (TPSA) is 114 Å². The molecule has 2 amide bonds. The van der Waals surface area contributed by atoms with Gasteiger partial charge in [0.25, 0.3) is 0 Å². The van der Waals surface area contributed by atoms with E-state index in [0.717, 1.165) is 36.9 Å². The molecule has 1 unspecified atom stereocenters. The maximum Gasteiger partial charge on any atom is 0.320 e. The van der Waals surface area contributed by atoms with Gasteiger partial charge in [-0.2, -0.15) is 0 Å². The predicted octanol–water partition coefficient (Wildman–Crippen LogP) is 1.61. The van der Waals surface area contributed by atoms with E-state index in [0.29, 0.717) is 37.5 Å². The normalized spacial score (nSPS) is 19.7. The van der Waals surface area contributed by atoms with E-state index in [4.69, 9.17) is 0 Å². The van der Waals surface area contributed by atoms with Crippen molar-refractivity contribution in [2.45, 2.75) is 31.7 Å². The Morgan fingerprint density at radius 3 is 2.61 bits per heavy atom. The van der Waals surface area contributed by atoms with Crippen molar-refractivity contribution in [1.29, 1.82) is 0 Å². The number of carbonyl (C=O) groups is 1. The van der Waals surface area contributed by atoms with E-state index >= 15 is 0 Å². The van der Waals surface area contributed by atoms with Gasteiger partial charge in [0.2, 0.25) is 0 Å². The van der Waals surface area contributed by atoms with Crippen LogP contribution < -0.4 is 15.5 Å². The van der Waals surface area contributed by atoms with Crippen LogP contribution in [0.5, 0.6) is 0 Å². The molecule has 1 aliphatic heterocycles. The van der Waals surface area contributed by atoms with Crippen LogP contribution in [-0.2, 0) is 11.3 Å². The number of anilines is 2. The number of carbonyl (C=O) groups excluding carboxylic acids is 1. The third-order valence-corrected chi connectivity index (χ3v) is 6.06. The predicted molar refractivity (Wildman–Crippen MR) is 107 cm³/mol. The molecule has 0 aromatic carbocycles. The largest absolute Gasteiger partial charge is 0.760 e. The molecule has 1 saturated heterocycles. The monoisotopic (exact) mass is 403 g/mol. The minimum atomic E-state index is -2.17. The lowest BCUT2D eigenvalue weighted by Gasteiger charge is -2.36. The Kier molecular flexibility index (Phi) is 5.69. The standard InChI is InChI=1S/C18H24N6O3S/c25-18(20-13-3-1-2-4-13)22-17-6-5-15-16(21-17)11-14(12-19-15)23-7-9-24(10-8-23)28(26)27/h5-6,11-13H,1-4,7-10H2,(H,26,27)(H2,20,21,22,25)/p-1. The van der Waals surface area contributed by atoms with Gasteiger partial charge in [-0.15, -0.1) is 0 Å². The second kappa shape index (κ2) is 8.38. The number of pyridine rings is 2. The van der Waals surface area contributed by atoms with Crippen molar-refractivity contribution in [1.82, 2.24) is 19.6 Å². The smallest absolute Gasteiger partial charge is 0.320 e. The van der Waals surface area contributed by atoms with E-state index in [2.05, 4.69) is 25.5 Å². The molecule has 1 atom stereocenters. The van der Waals surface area contributed by atoms with Crippen molar-refractivity contribution in [3.8, 4) is 0 Å². The molecule has 9 nitrogen and oxygen atoms in total. The number of aromatic nitrogens is 2. The van der Waals surface area contributed by atoms with Gasteiger partial charge >= 0.3 is 6.03 Å². The Morgan fingerprint density at radius 1 is 1.14 bits per heavy atom. The Morgan fingerprint density at radius 2 is 1.89 bits per heavy atom. The molecule has 2 aliphatic rings. The summed E-state index contributed by atoms with van der Waals surface area (Å²) in [6.45, 7) is 2.10. The summed E-state index contributed by atoms with van der Waals surface area (Å²) in [6.07, 6.45) is 6.14. The van der Waals surface area contributed by atoms with Crippen LogP contribution in [-0.4, -0.2) is 61.3 Å². The van der Waals surface area contributed by atoms with Crippen LogP contribution in [0.25, 0.3) is 11.0 Å². The number of rotatable bonds is 4. The van der Waals surface area contributed by atoms with Crippen LogP contribution in [0, 0.1) is 0 Å². The van der Waals surface area contributed by atoms with Crippen molar-refractivity contribution in [3.63, 3.8) is 0 Å². The van der Waals surface area contributed by atoms with Gasteiger partial charge in [-0.3, -0.25) is 14.5 Å². The molecule has 0 radical (unpaired) electrons. The highest BCUT2D eigenvalue weighted by molar-refractivity contribution is 7.76. The summed E-state index contributed by atoms with van der Waals surface area (Å²) in [7, 11) is 0. The SMILES string of the molecule is O=C(Nc1ccc2ncc(N3CCN(S(=O)[O-])CC3)cc2n1)NC1CCCC1. The molecule has 0 spiro atoms. The highest BCUT2D eigenvalue weighted by Crippen LogP contribution is 2.22. The van der Waals surface area contributed by atoms with Crippen molar-refractivity contribution in [3.05, 3.63) is 24.4 Å². The third kappa shape index (κ3) is 4.40. The maximum atomic E-state index is 12.2. The first-order chi connectivity index (χ1) is 13.6. The number of amides is 2. The van der Waals surface area contributed by atoms with E-state index in [1.54, 1.807) is 12.3 Å². The van der Waals surface area contributed by atoms with Crippen LogP contribution in [0.15, 0.2) is 24.4 Å². The minimum Gasteiger partial charge on any atom is -0.760 e. The minimum absolute atomic E-state index is 0.232. The fourth-order valence-corrected chi connectivity index (χ4v) is 4.20. The summed E-state index contributed by atoms with van der Waals surface area (Å²) < 4.78 is 23.5. The summed E-state index contributed by atoms with van der Waals surface area (Å²) in [5, 5.41) is 5.78. The van der Waals surface area contributed by atoms with Crippen molar-refractivity contribution in [2.75, 3.05) is 36.4 Å². The zero-order chi connectivity index (χ0) is 19.5. The summed E-state index contributed by atoms with van der Waals surface area (Å²) in [6, 6.07) is 5.51. The zero-order valence-electron chi connectivity index (χ0n) is 15.5. The van der Waals surface area contributed by atoms with Gasteiger partial charge in [-0.1, -0.05) is 12.8 Å². The Balaban J connectivity index is 1.44. The molecule has 0 bridgehead atoms. The summed E-state index contributed by atoms with van der Waals surface area (Å²) in [5.41, 5.74) is 2.32. The third-order valence-electron chi connectivity index (χ3n) is 5.27. The van der Waals surface area contributed by atoms with Gasteiger partial charge in [-0.25, -0.2) is 14.1 Å². The highest BCUT2D eigenvalue weighted by atomic mass is 32.2. The molecule has 1 aliphatic carbocycles. The fourth-order valence-electron chi connectivity index (χ4n) is 3.74. The Hall–Kier alpha value is -2.30. The van der Waals surface area contributed by atoms with Gasteiger partial charge in [0.05, 0.1) is 22.9 Å². The van der Waals surface area contributed by atoms with Gasteiger partial charge in [0.1, 0.15) is 5.82 Å². The second-order valence-electron chi connectivity index (χ2n) is 7.14. The number of hydrogen-bond acceptors (Lipinski definition) is 6. The lowest BCUT2D eigenvalue weighted by atomic mass is 10.2. The van der Waals surface area contributed by atoms with E-state index in [1.165, 1.54) is 4.31 Å². The Labute approximate surface area is 165 Å². The molecular formula is C18H23N6O3S-. The van der Waals surface area contributed by atoms with Crippen molar-refractivity contribution >= 4 is 39.8 Å². The molecule has 4 rings (SSSR count). The molecule has 10 heteroatoms. The van der Waals surface area contributed by atoms with Crippen LogP contribution in [0.4, 0.5) is 16.3 Å². The highest BCUT2D eigenvalue weighted by Gasteiger charge is 2.19. The number of fused-ring (bicyclic) bond motifs is 1. The fraction of sp³-hybridized carbons (Fsp3) is 0.500. The number of urea groups is 1. The number of hydrogen-bond donors (Lipinski definition) is 2. The lowest BCUT2D eigenvalue weighted by molar-refractivity contribution is 0.248. The van der Waals surface area contributed by atoms with Crippen LogP contribution >= 0.6 is 0 Å². The quantitative estimate of drug-likeness (QED) is 0.750. The van der Waals surface area contributed by atoms with Crippen LogP contribution in [0.2, 0.25) is 0 Å². The summed E-state index contributed by atoms with van der Waals surface area (Å²) in [5.74, 6) is 0.480. The Bertz CT molecular complexity index is 881. The first-order valence-corrected chi connectivity index (χ1v) is 10.6. The number of piperazine rings is 1. The molecule has 2 aromatic rings. The summed E-state index contributed by atoms with van der Waals surface area (Å²) in [4.78, 5) is 23.2. The lowest BCUT2D eigenvalue weighted by Crippen LogP contribution is -2.46. The number of nitrogens with zero attached hydrogens (tertiary/aromatic N) is 4. The van der Waals surface area contributed by atoms with Crippen LogP contribution in [0.3, 0.4) is 0 Å². The van der Waals surface area contributed by atoms with Crippen molar-refractivity contribution in [2.24, 2.45) is 0 Å². The summed E-state index contributed by atoms with van der Waals surface area (Å²) >= 11 is -2.17. The number of nitrogens with one attached hydrogen (secondary N) is 2. The average Bonchev–Trinajstić information content (AvgIpc) is 3.20. The van der Waals surface area contributed by atoms with Crippen molar-refractivity contribution < 1.29 is 13.6 Å². The van der Waals surface area contributed by atoms with Gasteiger partial charge in [0, 0.05) is 43.5 Å².